The van der Waals surface area contributed by atoms with Gasteiger partial charge in [0, 0.05) is 47.3 Å². The van der Waals surface area contributed by atoms with E-state index in [0.29, 0.717) is 19.4 Å². The van der Waals surface area contributed by atoms with Gasteiger partial charge in [-0.25, -0.2) is 4.79 Å². The molecule has 2 saturated heterocycles. The predicted molar refractivity (Wildman–Crippen MR) is 143 cm³/mol. The fraction of sp³-hybridized carbons (Fsp3) is 0.281. The van der Waals surface area contributed by atoms with Crippen molar-refractivity contribution < 1.29 is 14.3 Å². The highest BCUT2D eigenvalue weighted by atomic mass is 16.6. The van der Waals surface area contributed by atoms with E-state index >= 15 is 0 Å². The number of piperidine rings is 1. The molecule has 2 atom stereocenters. The minimum Gasteiger partial charge on any atom is -0.448 e. The number of carbonyl (C=O) groups excluding carboxylic acids is 2. The molecule has 2 unspecified atom stereocenters. The lowest BCUT2D eigenvalue weighted by atomic mass is 9.84. The normalized spacial score (nSPS) is 22.1. The van der Waals surface area contributed by atoms with E-state index in [9.17, 15) is 9.59 Å². The fourth-order valence-electron chi connectivity index (χ4n) is 6.91. The van der Waals surface area contributed by atoms with Gasteiger partial charge in [0.1, 0.15) is 6.61 Å². The third kappa shape index (κ3) is 3.64. The third-order valence-electron chi connectivity index (χ3n) is 8.60. The Kier molecular flexibility index (Phi) is 5.31. The molecule has 1 aliphatic carbocycles. The number of hydrogen-bond donors (Lipinski definition) is 0. The van der Waals surface area contributed by atoms with Crippen LogP contribution in [0.1, 0.15) is 53.1 Å². The summed E-state index contributed by atoms with van der Waals surface area (Å²) in [6, 6.07) is 24.7. The number of nitrogens with zero attached hydrogens (tertiary/aromatic N) is 2. The van der Waals surface area contributed by atoms with E-state index in [0.717, 1.165) is 29.2 Å². The summed E-state index contributed by atoms with van der Waals surface area (Å²) in [5.41, 5.74) is 5.62. The van der Waals surface area contributed by atoms with Crippen LogP contribution in [0.5, 0.6) is 0 Å². The van der Waals surface area contributed by atoms with E-state index in [-0.39, 0.29) is 35.8 Å². The first-order valence-corrected chi connectivity index (χ1v) is 13.2. The highest BCUT2D eigenvalue weighted by Crippen LogP contribution is 2.45. The zero-order valence-corrected chi connectivity index (χ0v) is 20.5. The quantitative estimate of drug-likeness (QED) is 0.303. The Bertz CT molecular complexity index is 1460. The number of benzene rings is 3. The summed E-state index contributed by atoms with van der Waals surface area (Å²) >= 11 is 0. The Morgan fingerprint density at radius 2 is 1.51 bits per heavy atom. The molecule has 2 fully saturated rings. The Morgan fingerprint density at radius 1 is 0.838 bits per heavy atom. The van der Waals surface area contributed by atoms with E-state index in [1.165, 1.54) is 22.3 Å². The number of aromatic nitrogens is 1. The number of Topliss-reactive ketones (excluding diaryl/α,β-unsaturated/α-hetero) is 1. The lowest BCUT2D eigenvalue weighted by molar-refractivity contribution is 0.0506. The second-order valence-electron chi connectivity index (χ2n) is 10.5. The summed E-state index contributed by atoms with van der Waals surface area (Å²) in [5, 5.41) is 1.93. The molecule has 1 amide bonds. The highest BCUT2D eigenvalue weighted by molar-refractivity contribution is 6.09. The number of hydrogen-bond acceptors (Lipinski definition) is 4. The van der Waals surface area contributed by atoms with Crippen LogP contribution in [0.2, 0.25) is 0 Å². The SMILES string of the molecule is O=C(c1cccc2ccncc12)C1CC2CCC(C1)N2C(=O)OCC1c2ccccc2-c2ccccc21. The summed E-state index contributed by atoms with van der Waals surface area (Å²) < 4.78 is 5.99. The van der Waals surface area contributed by atoms with Gasteiger partial charge in [0.05, 0.1) is 0 Å². The van der Waals surface area contributed by atoms with Gasteiger partial charge in [0.2, 0.25) is 0 Å². The van der Waals surface area contributed by atoms with Gasteiger partial charge in [-0.2, -0.15) is 0 Å². The van der Waals surface area contributed by atoms with Crippen molar-refractivity contribution in [3.63, 3.8) is 0 Å². The summed E-state index contributed by atoms with van der Waals surface area (Å²) in [6.07, 6.45) is 6.53. The van der Waals surface area contributed by atoms with Crippen molar-refractivity contribution in [1.29, 1.82) is 0 Å². The molecule has 7 rings (SSSR count). The first kappa shape index (κ1) is 22.2. The van der Waals surface area contributed by atoms with Crippen molar-refractivity contribution in [1.82, 2.24) is 9.88 Å². The molecule has 0 spiro atoms. The van der Waals surface area contributed by atoms with E-state index in [4.69, 9.17) is 4.74 Å². The summed E-state index contributed by atoms with van der Waals surface area (Å²) in [6.45, 7) is 0.328. The third-order valence-corrected chi connectivity index (χ3v) is 8.60. The fourth-order valence-corrected chi connectivity index (χ4v) is 6.91. The topological polar surface area (TPSA) is 59.5 Å². The highest BCUT2D eigenvalue weighted by Gasteiger charge is 2.46. The molecule has 3 heterocycles. The van der Waals surface area contributed by atoms with Gasteiger partial charge in [0.25, 0.3) is 0 Å². The number of ether oxygens (including phenoxy) is 1. The van der Waals surface area contributed by atoms with Crippen LogP contribution in [-0.2, 0) is 4.74 Å². The molecule has 2 aliphatic heterocycles. The van der Waals surface area contributed by atoms with Crippen molar-refractivity contribution in [3.05, 3.63) is 102 Å². The molecule has 0 radical (unpaired) electrons. The molecule has 0 saturated carbocycles. The van der Waals surface area contributed by atoms with Crippen molar-refractivity contribution in [2.75, 3.05) is 6.61 Å². The zero-order valence-electron chi connectivity index (χ0n) is 20.5. The number of carbonyl (C=O) groups is 2. The van der Waals surface area contributed by atoms with Crippen LogP contribution in [0.25, 0.3) is 21.9 Å². The van der Waals surface area contributed by atoms with Gasteiger partial charge in [-0.3, -0.25) is 9.78 Å². The van der Waals surface area contributed by atoms with Gasteiger partial charge in [-0.05, 0) is 59.4 Å². The number of pyridine rings is 1. The number of ketones is 1. The maximum atomic E-state index is 13.6. The second-order valence-corrected chi connectivity index (χ2v) is 10.5. The minimum atomic E-state index is -0.241. The average molecular weight is 489 g/mol. The van der Waals surface area contributed by atoms with Crippen LogP contribution >= 0.6 is 0 Å². The van der Waals surface area contributed by atoms with Gasteiger partial charge >= 0.3 is 6.09 Å². The lowest BCUT2D eigenvalue weighted by Gasteiger charge is -2.38. The largest absolute Gasteiger partial charge is 0.448 e. The molecular weight excluding hydrogens is 460 g/mol. The van der Waals surface area contributed by atoms with Crippen LogP contribution in [0.3, 0.4) is 0 Å². The van der Waals surface area contributed by atoms with Crippen molar-refractivity contribution >= 4 is 22.6 Å². The molecule has 4 aromatic rings. The molecule has 3 aromatic carbocycles. The Balaban J connectivity index is 1.06. The second kappa shape index (κ2) is 8.84. The maximum Gasteiger partial charge on any atom is 0.410 e. The van der Waals surface area contributed by atoms with Gasteiger partial charge in [0.15, 0.2) is 5.78 Å². The van der Waals surface area contributed by atoms with Crippen LogP contribution in [0.15, 0.2) is 85.2 Å². The number of amides is 1. The van der Waals surface area contributed by atoms with E-state index < -0.39 is 0 Å². The van der Waals surface area contributed by atoms with Gasteiger partial charge in [-0.15, -0.1) is 0 Å². The first-order valence-electron chi connectivity index (χ1n) is 13.2. The number of rotatable bonds is 4. The molecule has 37 heavy (non-hydrogen) atoms. The van der Waals surface area contributed by atoms with Crippen LogP contribution in [-0.4, -0.2) is 40.5 Å². The standard InChI is InChI=1S/C32H28N2O3/c35-31(28-11-5-6-20-14-15-33-18-29(20)28)21-16-22-12-13-23(17-21)34(22)32(36)37-19-30-26-9-3-1-7-24(26)25-8-2-4-10-27(25)30/h1-11,14-15,18,21-23,30H,12-13,16-17,19H2. The first-order chi connectivity index (χ1) is 18.2. The predicted octanol–water partition coefficient (Wildman–Crippen LogP) is 6.61. The molecule has 1 aromatic heterocycles. The summed E-state index contributed by atoms with van der Waals surface area (Å²) in [5.74, 6) is 0.136. The smallest absolute Gasteiger partial charge is 0.410 e. The molecule has 5 heteroatoms. The molecular formula is C32H28N2O3. The molecule has 3 aliphatic rings. The maximum absolute atomic E-state index is 13.6. The van der Waals surface area contributed by atoms with Crippen molar-refractivity contribution in [2.24, 2.45) is 5.92 Å². The van der Waals surface area contributed by atoms with Crippen LogP contribution < -0.4 is 0 Å². The Morgan fingerprint density at radius 3 is 2.22 bits per heavy atom. The Hall–Kier alpha value is -3.99. The molecule has 0 N–H and O–H groups in total. The molecule has 2 bridgehead atoms. The molecule has 184 valence electrons. The van der Waals surface area contributed by atoms with Crippen LogP contribution in [0, 0.1) is 5.92 Å². The molecule has 5 nitrogen and oxygen atoms in total. The van der Waals surface area contributed by atoms with E-state index in [2.05, 4.69) is 41.4 Å². The van der Waals surface area contributed by atoms with Crippen LogP contribution in [0.4, 0.5) is 4.79 Å². The van der Waals surface area contributed by atoms with Crippen molar-refractivity contribution in [3.8, 4) is 11.1 Å². The lowest BCUT2D eigenvalue weighted by Crippen LogP contribution is -2.48. The average Bonchev–Trinajstić information content (AvgIpc) is 3.41. The van der Waals surface area contributed by atoms with Gasteiger partial charge < -0.3 is 9.64 Å². The zero-order chi connectivity index (χ0) is 24.9. The van der Waals surface area contributed by atoms with E-state index in [1.807, 2.05) is 41.3 Å². The van der Waals surface area contributed by atoms with Gasteiger partial charge in [-0.1, -0.05) is 66.7 Å². The summed E-state index contributed by atoms with van der Waals surface area (Å²) in [4.78, 5) is 33.1. The minimum absolute atomic E-state index is 0.0492. The summed E-state index contributed by atoms with van der Waals surface area (Å²) in [7, 11) is 0. The number of fused-ring (bicyclic) bond motifs is 6. The Labute approximate surface area is 216 Å². The van der Waals surface area contributed by atoms with Crippen molar-refractivity contribution in [2.45, 2.75) is 43.7 Å². The monoisotopic (exact) mass is 488 g/mol. The van der Waals surface area contributed by atoms with E-state index in [1.54, 1.807) is 12.4 Å².